The highest BCUT2D eigenvalue weighted by molar-refractivity contribution is 6.34. The Morgan fingerprint density at radius 1 is 1.19 bits per heavy atom. The molecule has 0 aliphatic carbocycles. The number of carbonyl (C=O) groups is 3. The van der Waals surface area contributed by atoms with Crippen LogP contribution in [0.25, 0.3) is 0 Å². The van der Waals surface area contributed by atoms with Crippen LogP contribution in [0, 0.1) is 11.6 Å². The second-order valence-corrected chi connectivity index (χ2v) is 6.02. The average Bonchev–Trinajstić information content (AvgIpc) is 2.53. The van der Waals surface area contributed by atoms with Gasteiger partial charge in [-0.05, 0) is 30.7 Å². The largest absolute Gasteiger partial charge is 0.439 e. The number of nitrogens with one attached hydrogen (secondary N) is 1. The second kappa shape index (κ2) is 8.59. The van der Waals surface area contributed by atoms with E-state index < -0.39 is 35.5 Å². The maximum atomic E-state index is 13.3. The number of hydrogen-bond acceptors (Lipinski definition) is 4. The van der Waals surface area contributed by atoms with Crippen LogP contribution in [0.15, 0.2) is 36.4 Å². The number of benzene rings is 2. The van der Waals surface area contributed by atoms with Crippen molar-refractivity contribution < 1.29 is 27.9 Å². The van der Waals surface area contributed by atoms with Gasteiger partial charge >= 0.3 is 6.09 Å². The predicted molar refractivity (Wildman–Crippen MR) is 94.6 cm³/mol. The fourth-order valence-corrected chi connectivity index (χ4v) is 2.64. The number of amides is 2. The SMILES string of the molecule is CC(OC(N)=O)C(=O)Cc1cccc(Cl)c1C(=O)Nc1cc(F)cc(F)c1. The van der Waals surface area contributed by atoms with Crippen molar-refractivity contribution in [2.24, 2.45) is 5.73 Å². The zero-order valence-electron chi connectivity index (χ0n) is 14.1. The smallest absolute Gasteiger partial charge is 0.405 e. The zero-order chi connectivity index (χ0) is 20.1. The Hall–Kier alpha value is -3.00. The Balaban J connectivity index is 2.27. The van der Waals surface area contributed by atoms with Gasteiger partial charge in [0, 0.05) is 18.2 Å². The molecule has 2 rings (SSSR count). The van der Waals surface area contributed by atoms with Crippen LogP contribution in [0.5, 0.6) is 0 Å². The van der Waals surface area contributed by atoms with Gasteiger partial charge in [-0.2, -0.15) is 0 Å². The van der Waals surface area contributed by atoms with Crippen LogP contribution < -0.4 is 11.1 Å². The minimum Gasteiger partial charge on any atom is -0.439 e. The molecule has 0 saturated carbocycles. The van der Waals surface area contributed by atoms with E-state index in [0.717, 1.165) is 12.1 Å². The molecule has 0 aliphatic rings. The molecule has 6 nitrogen and oxygen atoms in total. The lowest BCUT2D eigenvalue weighted by atomic mass is 9.99. The van der Waals surface area contributed by atoms with E-state index in [9.17, 15) is 23.2 Å². The standard InChI is InChI=1S/C18H15ClF2N2O4/c1-9(27-18(22)26)15(24)5-10-3-2-4-14(19)16(10)17(25)23-13-7-11(20)6-12(21)8-13/h2-4,6-9H,5H2,1H3,(H2,22,26)(H,23,25). The van der Waals surface area contributed by atoms with Crippen LogP contribution in [-0.4, -0.2) is 23.9 Å². The van der Waals surface area contributed by atoms with Crippen molar-refractivity contribution in [2.75, 3.05) is 5.32 Å². The summed E-state index contributed by atoms with van der Waals surface area (Å²) in [5, 5.41) is 2.38. The molecule has 0 bridgehead atoms. The maximum absolute atomic E-state index is 13.3. The van der Waals surface area contributed by atoms with Gasteiger partial charge in [0.2, 0.25) is 0 Å². The number of anilines is 1. The third-order valence-corrected chi connectivity index (χ3v) is 3.87. The molecule has 1 unspecified atom stereocenters. The zero-order valence-corrected chi connectivity index (χ0v) is 14.8. The number of primary amides is 1. The van der Waals surface area contributed by atoms with E-state index in [2.05, 4.69) is 10.1 Å². The lowest BCUT2D eigenvalue weighted by molar-refractivity contribution is -0.125. The number of hydrogen-bond donors (Lipinski definition) is 2. The normalized spacial score (nSPS) is 11.6. The van der Waals surface area contributed by atoms with Gasteiger partial charge in [0.05, 0.1) is 10.6 Å². The van der Waals surface area contributed by atoms with Crippen molar-refractivity contribution in [3.63, 3.8) is 0 Å². The summed E-state index contributed by atoms with van der Waals surface area (Å²) in [4.78, 5) is 35.5. The molecular weight excluding hydrogens is 382 g/mol. The van der Waals surface area contributed by atoms with Crippen molar-refractivity contribution in [1.29, 1.82) is 0 Å². The number of carbonyl (C=O) groups excluding carboxylic acids is 3. The Morgan fingerprint density at radius 2 is 1.81 bits per heavy atom. The van der Waals surface area contributed by atoms with Gasteiger partial charge in [-0.3, -0.25) is 9.59 Å². The molecule has 0 saturated heterocycles. The molecule has 0 aromatic heterocycles. The molecule has 9 heteroatoms. The van der Waals surface area contributed by atoms with E-state index in [1.54, 1.807) is 0 Å². The molecule has 0 heterocycles. The van der Waals surface area contributed by atoms with Crippen LogP contribution in [0.3, 0.4) is 0 Å². The van der Waals surface area contributed by atoms with Crippen LogP contribution in [-0.2, 0) is 16.0 Å². The summed E-state index contributed by atoms with van der Waals surface area (Å²) in [5.74, 6) is -2.99. The van der Waals surface area contributed by atoms with Gasteiger partial charge in [-0.15, -0.1) is 0 Å². The van der Waals surface area contributed by atoms with Gasteiger partial charge in [-0.1, -0.05) is 23.7 Å². The monoisotopic (exact) mass is 396 g/mol. The molecule has 0 spiro atoms. The number of ketones is 1. The average molecular weight is 397 g/mol. The van der Waals surface area contributed by atoms with E-state index in [-0.39, 0.29) is 28.3 Å². The van der Waals surface area contributed by atoms with Gasteiger partial charge in [-0.25, -0.2) is 13.6 Å². The first-order chi connectivity index (χ1) is 12.7. The first-order valence-corrected chi connectivity index (χ1v) is 8.08. The summed E-state index contributed by atoms with van der Waals surface area (Å²) in [5.41, 5.74) is 4.98. The topological polar surface area (TPSA) is 98.5 Å². The van der Waals surface area contributed by atoms with Crippen LogP contribution in [0.4, 0.5) is 19.3 Å². The van der Waals surface area contributed by atoms with E-state index in [1.165, 1.54) is 25.1 Å². The summed E-state index contributed by atoms with van der Waals surface area (Å²) in [7, 11) is 0. The molecular formula is C18H15ClF2N2O4. The summed E-state index contributed by atoms with van der Waals surface area (Å²) >= 11 is 6.07. The first-order valence-electron chi connectivity index (χ1n) is 7.71. The minimum absolute atomic E-state index is 0.0385. The molecule has 0 radical (unpaired) electrons. The van der Waals surface area contributed by atoms with Gasteiger partial charge in [0.15, 0.2) is 11.9 Å². The van der Waals surface area contributed by atoms with Crippen molar-refractivity contribution in [2.45, 2.75) is 19.4 Å². The maximum Gasteiger partial charge on any atom is 0.405 e. The second-order valence-electron chi connectivity index (χ2n) is 5.61. The molecule has 2 aromatic carbocycles. The number of ether oxygens (including phenoxy) is 1. The fraction of sp³-hybridized carbons (Fsp3) is 0.167. The van der Waals surface area contributed by atoms with Gasteiger partial charge < -0.3 is 15.8 Å². The van der Waals surface area contributed by atoms with E-state index >= 15 is 0 Å². The molecule has 2 amide bonds. The lowest BCUT2D eigenvalue weighted by Crippen LogP contribution is -2.29. The Kier molecular flexibility index (Phi) is 6.46. The van der Waals surface area contributed by atoms with Crippen LogP contribution >= 0.6 is 11.6 Å². The summed E-state index contributed by atoms with van der Waals surface area (Å²) in [6.07, 6.45) is -2.49. The Labute approximate surface area is 158 Å². The molecule has 3 N–H and O–H groups in total. The van der Waals surface area contributed by atoms with Crippen molar-refractivity contribution >= 4 is 35.1 Å². The number of rotatable bonds is 6. The number of halogens is 3. The predicted octanol–water partition coefficient (Wildman–Crippen LogP) is 3.47. The van der Waals surface area contributed by atoms with E-state index in [1.807, 2.05) is 0 Å². The molecule has 0 fully saturated rings. The summed E-state index contributed by atoms with van der Waals surface area (Å²) in [6.45, 7) is 1.34. The van der Waals surface area contributed by atoms with Crippen LogP contribution in [0.2, 0.25) is 5.02 Å². The molecule has 142 valence electrons. The quantitative estimate of drug-likeness (QED) is 0.781. The van der Waals surface area contributed by atoms with Gasteiger partial charge in [0.1, 0.15) is 11.6 Å². The Morgan fingerprint density at radius 3 is 2.41 bits per heavy atom. The number of Topliss-reactive ketones (excluding diaryl/α,β-unsaturated/α-hetero) is 1. The molecule has 27 heavy (non-hydrogen) atoms. The lowest BCUT2D eigenvalue weighted by Gasteiger charge is -2.14. The molecule has 1 atom stereocenters. The number of nitrogens with two attached hydrogens (primary N) is 1. The van der Waals surface area contributed by atoms with E-state index in [0.29, 0.717) is 6.07 Å². The first kappa shape index (κ1) is 20.3. The summed E-state index contributed by atoms with van der Waals surface area (Å²) in [6, 6.07) is 6.98. The Bertz CT molecular complexity index is 885. The van der Waals surface area contributed by atoms with Crippen molar-refractivity contribution in [3.8, 4) is 0 Å². The molecule has 0 aliphatic heterocycles. The molecule has 2 aromatic rings. The van der Waals surface area contributed by atoms with Crippen LogP contribution in [0.1, 0.15) is 22.8 Å². The minimum atomic E-state index is -1.12. The fourth-order valence-electron chi connectivity index (χ4n) is 2.36. The third-order valence-electron chi connectivity index (χ3n) is 3.56. The van der Waals surface area contributed by atoms with E-state index in [4.69, 9.17) is 17.3 Å². The van der Waals surface area contributed by atoms with Crippen molar-refractivity contribution in [1.82, 2.24) is 0 Å². The highest BCUT2D eigenvalue weighted by atomic mass is 35.5. The highest BCUT2D eigenvalue weighted by Gasteiger charge is 2.22. The highest BCUT2D eigenvalue weighted by Crippen LogP contribution is 2.23. The van der Waals surface area contributed by atoms with Gasteiger partial charge in [0.25, 0.3) is 5.91 Å². The van der Waals surface area contributed by atoms with Crippen molar-refractivity contribution in [3.05, 3.63) is 64.2 Å². The third kappa shape index (κ3) is 5.49. The summed E-state index contributed by atoms with van der Waals surface area (Å²) < 4.78 is 31.2.